The van der Waals surface area contributed by atoms with Crippen LogP contribution in [0.5, 0.6) is 5.75 Å². The molecule has 0 saturated carbocycles. The van der Waals surface area contributed by atoms with Crippen LogP contribution >= 0.6 is 0 Å². The number of piperazine rings is 1. The largest absolute Gasteiger partial charge is 0.483 e. The van der Waals surface area contributed by atoms with Crippen LogP contribution in [0.2, 0.25) is 0 Å². The van der Waals surface area contributed by atoms with Crippen molar-refractivity contribution in [2.45, 2.75) is 27.7 Å². The van der Waals surface area contributed by atoms with Crippen molar-refractivity contribution in [3.8, 4) is 5.75 Å². The van der Waals surface area contributed by atoms with Gasteiger partial charge in [-0.2, -0.15) is 0 Å². The highest BCUT2D eigenvalue weighted by Crippen LogP contribution is 2.24. The van der Waals surface area contributed by atoms with Crippen LogP contribution in [-0.2, 0) is 4.79 Å². The lowest BCUT2D eigenvalue weighted by atomic mass is 10.1. The Labute approximate surface area is 156 Å². The second-order valence-corrected chi connectivity index (χ2v) is 7.07. The quantitative estimate of drug-likeness (QED) is 0.842. The summed E-state index contributed by atoms with van der Waals surface area (Å²) in [7, 11) is 0. The van der Waals surface area contributed by atoms with Gasteiger partial charge in [-0.3, -0.25) is 4.79 Å². The Morgan fingerprint density at radius 1 is 0.885 bits per heavy atom. The fourth-order valence-electron chi connectivity index (χ4n) is 3.39. The number of hydrogen-bond donors (Lipinski definition) is 0. The van der Waals surface area contributed by atoms with E-state index in [1.165, 1.54) is 22.4 Å². The van der Waals surface area contributed by atoms with Gasteiger partial charge >= 0.3 is 0 Å². The summed E-state index contributed by atoms with van der Waals surface area (Å²) >= 11 is 0. The molecule has 0 aromatic heterocycles. The predicted octanol–water partition coefficient (Wildman–Crippen LogP) is 3.65. The molecule has 0 atom stereocenters. The highest BCUT2D eigenvalue weighted by Gasteiger charge is 2.22. The first-order valence-electron chi connectivity index (χ1n) is 9.25. The third-order valence-corrected chi connectivity index (χ3v) is 5.46. The fourth-order valence-corrected chi connectivity index (χ4v) is 3.39. The zero-order chi connectivity index (χ0) is 18.7. The second kappa shape index (κ2) is 7.81. The first-order valence-corrected chi connectivity index (χ1v) is 9.25. The predicted molar refractivity (Wildman–Crippen MR) is 106 cm³/mol. The number of amides is 1. The van der Waals surface area contributed by atoms with Gasteiger partial charge < -0.3 is 14.5 Å². The molecule has 4 heteroatoms. The average Bonchev–Trinajstić information content (AvgIpc) is 2.65. The molecule has 0 N–H and O–H groups in total. The summed E-state index contributed by atoms with van der Waals surface area (Å²) in [6.07, 6.45) is 0. The summed E-state index contributed by atoms with van der Waals surface area (Å²) in [4.78, 5) is 16.8. The van der Waals surface area contributed by atoms with Crippen LogP contribution in [0.4, 0.5) is 5.69 Å². The molecule has 0 aliphatic carbocycles. The van der Waals surface area contributed by atoms with E-state index in [1.54, 1.807) is 0 Å². The van der Waals surface area contributed by atoms with Gasteiger partial charge in [-0.25, -0.2) is 0 Å². The molecule has 0 bridgehead atoms. The van der Waals surface area contributed by atoms with Crippen molar-refractivity contribution in [1.82, 2.24) is 4.90 Å². The lowest BCUT2D eigenvalue weighted by Crippen LogP contribution is -2.50. The molecule has 26 heavy (non-hydrogen) atoms. The Bertz CT molecular complexity index is 793. The molecule has 1 aliphatic heterocycles. The van der Waals surface area contributed by atoms with Crippen LogP contribution in [0.25, 0.3) is 0 Å². The Kier molecular flexibility index (Phi) is 5.50. The Morgan fingerprint density at radius 3 is 2.19 bits per heavy atom. The van der Waals surface area contributed by atoms with Crippen LogP contribution in [0.3, 0.4) is 0 Å². The molecule has 2 aromatic rings. The van der Waals surface area contributed by atoms with E-state index in [-0.39, 0.29) is 12.5 Å². The maximum Gasteiger partial charge on any atom is 0.260 e. The highest BCUT2D eigenvalue weighted by atomic mass is 16.5. The van der Waals surface area contributed by atoms with E-state index in [4.69, 9.17) is 4.74 Å². The van der Waals surface area contributed by atoms with Gasteiger partial charge in [-0.05, 0) is 62.1 Å². The molecule has 1 saturated heterocycles. The van der Waals surface area contributed by atoms with Gasteiger partial charge in [0.1, 0.15) is 5.75 Å². The average molecular weight is 352 g/mol. The SMILES string of the molecule is Cc1cccc(OCC(=O)N2CCN(c3cccc(C)c3C)CC2)c1C. The molecule has 2 aromatic carbocycles. The molecule has 1 heterocycles. The van der Waals surface area contributed by atoms with Gasteiger partial charge in [0, 0.05) is 31.9 Å². The third-order valence-electron chi connectivity index (χ3n) is 5.46. The van der Waals surface area contributed by atoms with Crippen LogP contribution in [0, 0.1) is 27.7 Å². The van der Waals surface area contributed by atoms with Crippen LogP contribution in [0.1, 0.15) is 22.3 Å². The number of ether oxygens (including phenoxy) is 1. The van der Waals surface area contributed by atoms with E-state index in [0.717, 1.165) is 37.5 Å². The minimum Gasteiger partial charge on any atom is -0.483 e. The van der Waals surface area contributed by atoms with E-state index in [2.05, 4.69) is 49.9 Å². The van der Waals surface area contributed by atoms with Crippen molar-refractivity contribution in [2.75, 3.05) is 37.7 Å². The molecule has 0 unspecified atom stereocenters. The molecule has 3 rings (SSSR count). The van der Waals surface area contributed by atoms with Crippen molar-refractivity contribution in [1.29, 1.82) is 0 Å². The van der Waals surface area contributed by atoms with Gasteiger partial charge in [0.2, 0.25) is 0 Å². The van der Waals surface area contributed by atoms with Crippen molar-refractivity contribution in [2.24, 2.45) is 0 Å². The van der Waals surface area contributed by atoms with Crippen LogP contribution in [0.15, 0.2) is 36.4 Å². The standard InChI is InChI=1S/C22H28N2O2/c1-16-7-5-9-20(18(16)3)23-11-13-24(14-12-23)22(25)15-26-21-10-6-8-17(2)19(21)4/h5-10H,11-15H2,1-4H3. The van der Waals surface area contributed by atoms with E-state index in [1.807, 2.05) is 24.0 Å². The van der Waals surface area contributed by atoms with E-state index >= 15 is 0 Å². The lowest BCUT2D eigenvalue weighted by molar-refractivity contribution is -0.133. The van der Waals surface area contributed by atoms with Gasteiger partial charge in [-0.1, -0.05) is 24.3 Å². The van der Waals surface area contributed by atoms with Gasteiger partial charge in [0.25, 0.3) is 5.91 Å². The topological polar surface area (TPSA) is 32.8 Å². The molecule has 138 valence electrons. The number of nitrogens with zero attached hydrogens (tertiary/aromatic N) is 2. The monoisotopic (exact) mass is 352 g/mol. The Balaban J connectivity index is 1.55. The zero-order valence-electron chi connectivity index (χ0n) is 16.2. The fraction of sp³-hybridized carbons (Fsp3) is 0.409. The molecular formula is C22H28N2O2. The molecule has 0 radical (unpaired) electrons. The van der Waals surface area contributed by atoms with E-state index in [9.17, 15) is 4.79 Å². The van der Waals surface area contributed by atoms with Gasteiger partial charge in [0.15, 0.2) is 6.61 Å². The molecule has 0 spiro atoms. The first-order chi connectivity index (χ1) is 12.5. The first kappa shape index (κ1) is 18.3. The number of rotatable bonds is 4. The smallest absolute Gasteiger partial charge is 0.260 e. The maximum atomic E-state index is 12.5. The highest BCUT2D eigenvalue weighted by molar-refractivity contribution is 5.78. The molecule has 1 amide bonds. The number of anilines is 1. The molecule has 1 fully saturated rings. The summed E-state index contributed by atoms with van der Waals surface area (Å²) in [6.45, 7) is 11.7. The van der Waals surface area contributed by atoms with Crippen molar-refractivity contribution in [3.05, 3.63) is 58.7 Å². The van der Waals surface area contributed by atoms with Gasteiger partial charge in [-0.15, -0.1) is 0 Å². The molecular weight excluding hydrogens is 324 g/mol. The zero-order valence-corrected chi connectivity index (χ0v) is 16.2. The number of hydrogen-bond acceptors (Lipinski definition) is 3. The molecule has 4 nitrogen and oxygen atoms in total. The lowest BCUT2D eigenvalue weighted by Gasteiger charge is -2.37. The second-order valence-electron chi connectivity index (χ2n) is 7.07. The Morgan fingerprint density at radius 2 is 1.50 bits per heavy atom. The summed E-state index contributed by atoms with van der Waals surface area (Å²) in [5, 5.41) is 0. The van der Waals surface area contributed by atoms with Gasteiger partial charge in [0.05, 0.1) is 0 Å². The summed E-state index contributed by atoms with van der Waals surface area (Å²) in [6, 6.07) is 12.4. The summed E-state index contributed by atoms with van der Waals surface area (Å²) < 4.78 is 5.77. The number of carbonyl (C=O) groups excluding carboxylic acids is 1. The number of aryl methyl sites for hydroxylation is 2. The maximum absolute atomic E-state index is 12.5. The normalized spacial score (nSPS) is 14.5. The van der Waals surface area contributed by atoms with Crippen LogP contribution < -0.4 is 9.64 Å². The Hall–Kier alpha value is -2.49. The van der Waals surface area contributed by atoms with Crippen LogP contribution in [-0.4, -0.2) is 43.6 Å². The summed E-state index contributed by atoms with van der Waals surface area (Å²) in [5.74, 6) is 0.860. The summed E-state index contributed by atoms with van der Waals surface area (Å²) in [5.41, 5.74) is 6.19. The minimum atomic E-state index is 0.0616. The van der Waals surface area contributed by atoms with E-state index in [0.29, 0.717) is 0 Å². The van der Waals surface area contributed by atoms with Crippen molar-refractivity contribution in [3.63, 3.8) is 0 Å². The van der Waals surface area contributed by atoms with Crippen molar-refractivity contribution >= 4 is 11.6 Å². The van der Waals surface area contributed by atoms with Crippen molar-refractivity contribution < 1.29 is 9.53 Å². The number of carbonyl (C=O) groups is 1. The number of benzene rings is 2. The van der Waals surface area contributed by atoms with E-state index < -0.39 is 0 Å². The molecule has 1 aliphatic rings. The minimum absolute atomic E-state index is 0.0616. The third kappa shape index (κ3) is 3.85.